The molecular formula is C17H21N3O2. The molecular weight excluding hydrogens is 278 g/mol. The Morgan fingerprint density at radius 3 is 2.86 bits per heavy atom. The Labute approximate surface area is 130 Å². The van der Waals surface area contributed by atoms with Gasteiger partial charge in [0, 0.05) is 18.3 Å². The monoisotopic (exact) mass is 299 g/mol. The van der Waals surface area contributed by atoms with Gasteiger partial charge in [0.15, 0.2) is 5.76 Å². The molecule has 1 aromatic carbocycles. The van der Waals surface area contributed by atoms with Crippen LogP contribution in [-0.4, -0.2) is 22.6 Å². The number of hydrogen-bond donors (Lipinski definition) is 1. The minimum Gasteiger partial charge on any atom is -0.359 e. The topological polar surface area (TPSA) is 58.4 Å². The summed E-state index contributed by atoms with van der Waals surface area (Å²) in [5.74, 6) is 0.770. The van der Waals surface area contributed by atoms with E-state index >= 15 is 0 Å². The number of nitrogens with zero attached hydrogens (tertiary/aromatic N) is 2. The number of anilines is 1. The van der Waals surface area contributed by atoms with E-state index < -0.39 is 0 Å². The maximum Gasteiger partial charge on any atom is 0.322 e. The highest BCUT2D eigenvalue weighted by Gasteiger charge is 2.32. The molecule has 5 nitrogen and oxygen atoms in total. The summed E-state index contributed by atoms with van der Waals surface area (Å²) < 4.78 is 5.35. The van der Waals surface area contributed by atoms with Gasteiger partial charge >= 0.3 is 6.03 Å². The molecule has 0 radical (unpaired) electrons. The van der Waals surface area contributed by atoms with Crippen molar-refractivity contribution in [2.24, 2.45) is 0 Å². The van der Waals surface area contributed by atoms with Crippen LogP contribution in [-0.2, 0) is 0 Å². The normalized spacial score (nSPS) is 17.8. The Kier molecular flexibility index (Phi) is 3.88. The molecule has 2 amide bonds. The van der Waals surface area contributed by atoms with Crippen LogP contribution < -0.4 is 5.32 Å². The predicted molar refractivity (Wildman–Crippen MR) is 84.9 cm³/mol. The van der Waals surface area contributed by atoms with Crippen LogP contribution in [0.25, 0.3) is 0 Å². The molecule has 22 heavy (non-hydrogen) atoms. The minimum absolute atomic E-state index is 0.0219. The number of rotatable bonds is 2. The molecule has 1 aliphatic rings. The van der Waals surface area contributed by atoms with Crippen LogP contribution in [0.1, 0.15) is 41.5 Å². The molecule has 1 N–H and O–H groups in total. The van der Waals surface area contributed by atoms with E-state index in [1.165, 1.54) is 0 Å². The number of aromatic nitrogens is 1. The fraction of sp³-hybridized carbons (Fsp3) is 0.412. The molecule has 116 valence electrons. The van der Waals surface area contributed by atoms with E-state index in [1.54, 1.807) is 0 Å². The molecule has 0 spiro atoms. The third-order valence-electron chi connectivity index (χ3n) is 4.12. The molecule has 1 aromatic heterocycles. The van der Waals surface area contributed by atoms with Gasteiger partial charge in [0.05, 0.1) is 11.7 Å². The van der Waals surface area contributed by atoms with Crippen molar-refractivity contribution in [3.63, 3.8) is 0 Å². The Morgan fingerprint density at radius 1 is 1.32 bits per heavy atom. The van der Waals surface area contributed by atoms with E-state index in [0.29, 0.717) is 0 Å². The third-order valence-corrected chi connectivity index (χ3v) is 4.12. The van der Waals surface area contributed by atoms with E-state index in [-0.39, 0.29) is 12.1 Å². The SMILES string of the molecule is Cc1ccc(C)c(NC(=O)N2CCCC2c2cc(C)no2)c1. The molecule has 0 saturated carbocycles. The molecule has 3 rings (SSSR count). The Hall–Kier alpha value is -2.30. The highest BCUT2D eigenvalue weighted by atomic mass is 16.5. The van der Waals surface area contributed by atoms with Crippen molar-refractivity contribution < 1.29 is 9.32 Å². The first kappa shape index (κ1) is 14.6. The van der Waals surface area contributed by atoms with Crippen molar-refractivity contribution in [2.45, 2.75) is 39.7 Å². The van der Waals surface area contributed by atoms with Gasteiger partial charge in [-0.1, -0.05) is 17.3 Å². The second kappa shape index (κ2) is 5.83. The Bertz CT molecular complexity index is 693. The molecule has 0 aliphatic carbocycles. The highest BCUT2D eigenvalue weighted by molar-refractivity contribution is 5.90. The number of carbonyl (C=O) groups is 1. The number of amides is 2. The molecule has 0 bridgehead atoms. The molecule has 2 heterocycles. The first-order chi connectivity index (χ1) is 10.5. The first-order valence-electron chi connectivity index (χ1n) is 7.62. The van der Waals surface area contributed by atoms with E-state index in [4.69, 9.17) is 4.52 Å². The number of benzene rings is 1. The summed E-state index contributed by atoms with van der Waals surface area (Å²) in [6.07, 6.45) is 1.89. The lowest BCUT2D eigenvalue weighted by atomic mass is 10.1. The second-order valence-electron chi connectivity index (χ2n) is 5.97. The van der Waals surface area contributed by atoms with E-state index in [0.717, 1.165) is 47.7 Å². The largest absolute Gasteiger partial charge is 0.359 e. The van der Waals surface area contributed by atoms with Crippen molar-refractivity contribution in [3.8, 4) is 0 Å². The lowest BCUT2D eigenvalue weighted by molar-refractivity contribution is 0.195. The van der Waals surface area contributed by atoms with Crippen LogP contribution in [0.3, 0.4) is 0 Å². The maximum atomic E-state index is 12.6. The summed E-state index contributed by atoms with van der Waals surface area (Å²) in [6.45, 7) is 6.64. The molecule has 1 fully saturated rings. The van der Waals surface area contributed by atoms with Crippen LogP contribution in [0.2, 0.25) is 0 Å². The van der Waals surface area contributed by atoms with Gasteiger partial charge in [-0.3, -0.25) is 0 Å². The Balaban J connectivity index is 1.77. The fourth-order valence-electron chi connectivity index (χ4n) is 2.90. The standard InChI is InChI=1S/C17H21N3O2/c1-11-6-7-12(2)14(9-11)18-17(21)20-8-4-5-15(20)16-10-13(3)19-22-16/h6-7,9-10,15H,4-5,8H2,1-3H3,(H,18,21). The van der Waals surface area contributed by atoms with E-state index in [2.05, 4.69) is 10.5 Å². The highest BCUT2D eigenvalue weighted by Crippen LogP contribution is 2.33. The van der Waals surface area contributed by atoms with Gasteiger partial charge in [-0.25, -0.2) is 4.79 Å². The molecule has 1 unspecified atom stereocenters. The van der Waals surface area contributed by atoms with Gasteiger partial charge in [0.25, 0.3) is 0 Å². The van der Waals surface area contributed by atoms with Crippen LogP contribution in [0, 0.1) is 20.8 Å². The van der Waals surface area contributed by atoms with Gasteiger partial charge in [0.2, 0.25) is 0 Å². The quantitative estimate of drug-likeness (QED) is 0.912. The smallest absolute Gasteiger partial charge is 0.322 e. The first-order valence-corrected chi connectivity index (χ1v) is 7.62. The summed E-state index contributed by atoms with van der Waals surface area (Å²) in [5, 5.41) is 6.96. The van der Waals surface area contributed by atoms with Crippen molar-refractivity contribution >= 4 is 11.7 Å². The summed E-state index contributed by atoms with van der Waals surface area (Å²) >= 11 is 0. The molecule has 2 aromatic rings. The average Bonchev–Trinajstić information content (AvgIpc) is 3.11. The number of urea groups is 1. The third kappa shape index (κ3) is 2.84. The summed E-state index contributed by atoms with van der Waals surface area (Å²) in [7, 11) is 0. The minimum atomic E-state index is -0.0785. The van der Waals surface area contributed by atoms with Gasteiger partial charge in [-0.15, -0.1) is 0 Å². The van der Waals surface area contributed by atoms with Crippen molar-refractivity contribution in [3.05, 3.63) is 46.8 Å². The number of aryl methyl sites for hydroxylation is 3. The zero-order valence-electron chi connectivity index (χ0n) is 13.2. The zero-order valence-corrected chi connectivity index (χ0v) is 13.2. The number of likely N-dealkylation sites (tertiary alicyclic amines) is 1. The Morgan fingerprint density at radius 2 is 2.14 bits per heavy atom. The zero-order chi connectivity index (χ0) is 15.7. The maximum absolute atomic E-state index is 12.6. The van der Waals surface area contributed by atoms with Crippen LogP contribution in [0.15, 0.2) is 28.8 Å². The predicted octanol–water partition coefficient (Wildman–Crippen LogP) is 3.97. The lowest BCUT2D eigenvalue weighted by Crippen LogP contribution is -2.34. The van der Waals surface area contributed by atoms with Crippen LogP contribution in [0.5, 0.6) is 0 Å². The number of nitrogens with one attached hydrogen (secondary N) is 1. The summed E-state index contributed by atoms with van der Waals surface area (Å²) in [6, 6.07) is 7.87. The van der Waals surface area contributed by atoms with Gasteiger partial charge in [0.1, 0.15) is 0 Å². The molecule has 1 saturated heterocycles. The summed E-state index contributed by atoms with van der Waals surface area (Å²) in [4.78, 5) is 14.5. The van der Waals surface area contributed by atoms with Crippen LogP contribution in [0.4, 0.5) is 10.5 Å². The van der Waals surface area contributed by atoms with Crippen LogP contribution >= 0.6 is 0 Å². The fourth-order valence-corrected chi connectivity index (χ4v) is 2.90. The van der Waals surface area contributed by atoms with E-state index in [9.17, 15) is 4.79 Å². The average molecular weight is 299 g/mol. The summed E-state index contributed by atoms with van der Waals surface area (Å²) in [5.41, 5.74) is 3.90. The van der Waals surface area contributed by atoms with Crippen molar-refractivity contribution in [1.82, 2.24) is 10.1 Å². The molecule has 1 aliphatic heterocycles. The molecule has 5 heteroatoms. The van der Waals surface area contributed by atoms with Gasteiger partial charge in [-0.05, 0) is 50.8 Å². The number of hydrogen-bond acceptors (Lipinski definition) is 3. The van der Waals surface area contributed by atoms with Crippen molar-refractivity contribution in [1.29, 1.82) is 0 Å². The van der Waals surface area contributed by atoms with Gasteiger partial charge in [-0.2, -0.15) is 0 Å². The van der Waals surface area contributed by atoms with Crippen molar-refractivity contribution in [2.75, 3.05) is 11.9 Å². The van der Waals surface area contributed by atoms with Gasteiger partial charge < -0.3 is 14.7 Å². The molecule has 1 atom stereocenters. The second-order valence-corrected chi connectivity index (χ2v) is 5.97. The van der Waals surface area contributed by atoms with E-state index in [1.807, 2.05) is 49.9 Å². The lowest BCUT2D eigenvalue weighted by Gasteiger charge is -2.23. The number of carbonyl (C=O) groups excluding carboxylic acids is 1.